The third-order valence-corrected chi connectivity index (χ3v) is 5.44. The quantitative estimate of drug-likeness (QED) is 0.581. The van der Waals surface area contributed by atoms with Gasteiger partial charge < -0.3 is 25.5 Å². The lowest BCUT2D eigenvalue weighted by Crippen LogP contribution is -2.31. The summed E-state index contributed by atoms with van der Waals surface area (Å²) in [6.45, 7) is 4.20. The molecule has 8 nitrogen and oxygen atoms in total. The van der Waals surface area contributed by atoms with Crippen LogP contribution in [-0.2, 0) is 11.4 Å². The van der Waals surface area contributed by atoms with Crippen molar-refractivity contribution in [1.29, 1.82) is 0 Å². The molecular weight excluding hydrogens is 392 g/mol. The number of primary amides is 2. The summed E-state index contributed by atoms with van der Waals surface area (Å²) >= 11 is 1.53. The number of hydrogen-bond donors (Lipinski definition) is 2. The maximum absolute atomic E-state index is 12.4. The first-order chi connectivity index (χ1) is 13.7. The molecule has 0 saturated heterocycles. The van der Waals surface area contributed by atoms with Crippen LogP contribution in [0.15, 0.2) is 22.7 Å². The van der Waals surface area contributed by atoms with Gasteiger partial charge in [-0.3, -0.25) is 9.59 Å². The van der Waals surface area contributed by atoms with Gasteiger partial charge in [0.15, 0.2) is 0 Å². The molecule has 0 bridgehead atoms. The Morgan fingerprint density at radius 2 is 2.00 bits per heavy atom. The maximum atomic E-state index is 12.4. The predicted molar refractivity (Wildman–Crippen MR) is 111 cm³/mol. The Morgan fingerprint density at radius 3 is 2.55 bits per heavy atom. The van der Waals surface area contributed by atoms with Crippen LogP contribution < -0.4 is 16.2 Å². The molecule has 3 rings (SSSR count). The highest BCUT2D eigenvalue weighted by atomic mass is 32.1. The van der Waals surface area contributed by atoms with Crippen molar-refractivity contribution in [3.8, 4) is 5.75 Å². The predicted octanol–water partition coefficient (Wildman–Crippen LogP) is 2.31. The van der Waals surface area contributed by atoms with E-state index in [9.17, 15) is 9.59 Å². The van der Waals surface area contributed by atoms with Crippen LogP contribution in [0.25, 0.3) is 11.0 Å². The summed E-state index contributed by atoms with van der Waals surface area (Å²) < 4.78 is 11.8. The van der Waals surface area contributed by atoms with Crippen molar-refractivity contribution in [2.24, 2.45) is 11.5 Å². The van der Waals surface area contributed by atoms with Gasteiger partial charge in [-0.2, -0.15) is 0 Å². The van der Waals surface area contributed by atoms with Crippen molar-refractivity contribution in [2.45, 2.75) is 26.4 Å². The van der Waals surface area contributed by atoms with Crippen LogP contribution in [0.5, 0.6) is 5.75 Å². The van der Waals surface area contributed by atoms with Crippen molar-refractivity contribution in [1.82, 2.24) is 9.88 Å². The molecular formula is C20H24N4O4S. The molecule has 0 aliphatic heterocycles. The molecule has 29 heavy (non-hydrogen) atoms. The standard InChI is InChI=1S/C20H24N4O4S/c1-10-16(20(22)26)18-15(28-10)6-5-14(27-9-12-7-23-11(2)29-12)17(18)13(19(21)25)8-24(3)4/h5-7,13H,8-9H2,1-4H3,(H2,21,25)(H2,22,26). The normalized spacial score (nSPS) is 12.4. The van der Waals surface area contributed by atoms with E-state index < -0.39 is 17.7 Å². The van der Waals surface area contributed by atoms with Crippen LogP contribution in [-0.4, -0.2) is 42.3 Å². The van der Waals surface area contributed by atoms with E-state index in [0.29, 0.717) is 34.6 Å². The number of carbonyl (C=O) groups excluding carboxylic acids is 2. The Labute approximate surface area is 172 Å². The van der Waals surface area contributed by atoms with Crippen molar-refractivity contribution < 1.29 is 18.7 Å². The van der Waals surface area contributed by atoms with Crippen LogP contribution in [0, 0.1) is 13.8 Å². The van der Waals surface area contributed by atoms with Crippen LogP contribution in [0.2, 0.25) is 0 Å². The van der Waals surface area contributed by atoms with Crippen molar-refractivity contribution >= 4 is 34.1 Å². The molecule has 3 aromatic rings. The Balaban J connectivity index is 2.19. The van der Waals surface area contributed by atoms with E-state index >= 15 is 0 Å². The van der Waals surface area contributed by atoms with Gasteiger partial charge in [-0.05, 0) is 40.1 Å². The number of ether oxygens (including phenoxy) is 1. The molecule has 0 spiro atoms. The minimum absolute atomic E-state index is 0.235. The highest BCUT2D eigenvalue weighted by Gasteiger charge is 2.30. The van der Waals surface area contributed by atoms with Gasteiger partial charge in [-0.25, -0.2) is 4.98 Å². The van der Waals surface area contributed by atoms with E-state index in [-0.39, 0.29) is 12.2 Å². The van der Waals surface area contributed by atoms with Gasteiger partial charge in [0.2, 0.25) is 5.91 Å². The second-order valence-electron chi connectivity index (χ2n) is 7.10. The molecule has 1 unspecified atom stereocenters. The summed E-state index contributed by atoms with van der Waals surface area (Å²) in [4.78, 5) is 31.5. The van der Waals surface area contributed by atoms with E-state index in [1.165, 1.54) is 11.3 Å². The van der Waals surface area contributed by atoms with Crippen molar-refractivity contribution in [2.75, 3.05) is 20.6 Å². The number of rotatable bonds is 8. The van der Waals surface area contributed by atoms with Crippen molar-refractivity contribution in [3.63, 3.8) is 0 Å². The minimum atomic E-state index is -0.720. The van der Waals surface area contributed by atoms with Gasteiger partial charge in [0.1, 0.15) is 23.7 Å². The number of aromatic nitrogens is 1. The zero-order valence-electron chi connectivity index (χ0n) is 16.8. The number of nitrogens with zero attached hydrogens (tertiary/aromatic N) is 2. The summed E-state index contributed by atoms with van der Waals surface area (Å²) in [5.74, 6) is -1.04. The molecule has 4 N–H and O–H groups in total. The molecule has 1 atom stereocenters. The second-order valence-corrected chi connectivity index (χ2v) is 8.42. The van der Waals surface area contributed by atoms with E-state index in [4.69, 9.17) is 20.6 Å². The molecule has 154 valence electrons. The zero-order valence-corrected chi connectivity index (χ0v) is 17.6. The molecule has 0 aliphatic rings. The largest absolute Gasteiger partial charge is 0.488 e. The Bertz CT molecular complexity index is 1070. The lowest BCUT2D eigenvalue weighted by molar-refractivity contribution is -0.119. The van der Waals surface area contributed by atoms with Crippen LogP contribution in [0.3, 0.4) is 0 Å². The van der Waals surface area contributed by atoms with Crippen LogP contribution >= 0.6 is 11.3 Å². The average Bonchev–Trinajstić information content (AvgIpc) is 3.19. The average molecular weight is 417 g/mol. The number of nitrogens with two attached hydrogens (primary N) is 2. The minimum Gasteiger partial charge on any atom is -0.488 e. The van der Waals surface area contributed by atoms with E-state index in [2.05, 4.69) is 4.98 Å². The number of carbonyl (C=O) groups is 2. The first-order valence-electron chi connectivity index (χ1n) is 9.03. The van der Waals surface area contributed by atoms with Crippen LogP contribution in [0.1, 0.15) is 37.5 Å². The Morgan fingerprint density at radius 1 is 1.28 bits per heavy atom. The van der Waals surface area contributed by atoms with E-state index in [0.717, 1.165) is 9.88 Å². The van der Waals surface area contributed by atoms with Crippen LogP contribution in [0.4, 0.5) is 0 Å². The number of thiazole rings is 1. The lowest BCUT2D eigenvalue weighted by Gasteiger charge is -2.22. The molecule has 9 heteroatoms. The highest BCUT2D eigenvalue weighted by molar-refractivity contribution is 7.11. The molecule has 2 aromatic heterocycles. The number of aryl methyl sites for hydroxylation is 2. The number of furan rings is 1. The second kappa shape index (κ2) is 8.22. The number of likely N-dealkylation sites (N-methyl/N-ethyl adjacent to an activating group) is 1. The summed E-state index contributed by atoms with van der Waals surface area (Å²) in [7, 11) is 3.68. The van der Waals surface area contributed by atoms with Gasteiger partial charge >= 0.3 is 0 Å². The van der Waals surface area contributed by atoms with Gasteiger partial charge in [-0.15, -0.1) is 11.3 Å². The highest BCUT2D eigenvalue weighted by Crippen LogP contribution is 2.39. The molecule has 0 saturated carbocycles. The summed E-state index contributed by atoms with van der Waals surface area (Å²) in [5, 5.41) is 1.40. The molecule has 2 amide bonds. The third kappa shape index (κ3) is 4.25. The number of amides is 2. The fourth-order valence-electron chi connectivity index (χ4n) is 3.39. The molecule has 0 radical (unpaired) electrons. The van der Waals surface area contributed by atoms with E-state index in [1.807, 2.05) is 25.9 Å². The monoisotopic (exact) mass is 416 g/mol. The van der Waals surface area contributed by atoms with E-state index in [1.54, 1.807) is 25.3 Å². The molecule has 1 aromatic carbocycles. The number of hydrogen-bond acceptors (Lipinski definition) is 7. The smallest absolute Gasteiger partial charge is 0.252 e. The Hall–Kier alpha value is -2.91. The zero-order chi connectivity index (χ0) is 21.3. The summed E-state index contributed by atoms with van der Waals surface area (Å²) in [5.41, 5.74) is 12.6. The fourth-order valence-corrected chi connectivity index (χ4v) is 4.10. The Kier molecular flexibility index (Phi) is 5.90. The molecule has 0 fully saturated rings. The first kappa shape index (κ1) is 20.8. The van der Waals surface area contributed by atoms with Crippen molar-refractivity contribution in [3.05, 3.63) is 45.1 Å². The van der Waals surface area contributed by atoms with Gasteiger partial charge in [-0.1, -0.05) is 0 Å². The third-order valence-electron chi connectivity index (χ3n) is 4.56. The molecule has 2 heterocycles. The molecule has 0 aliphatic carbocycles. The fraction of sp³-hybridized carbons (Fsp3) is 0.350. The topological polar surface area (TPSA) is 125 Å². The summed E-state index contributed by atoms with van der Waals surface area (Å²) in [6.07, 6.45) is 1.75. The first-order valence-corrected chi connectivity index (χ1v) is 9.84. The lowest BCUT2D eigenvalue weighted by atomic mass is 9.91. The number of benzene rings is 1. The SMILES string of the molecule is Cc1ncc(COc2ccc3oc(C)c(C(N)=O)c3c2C(CN(C)C)C(N)=O)s1. The summed E-state index contributed by atoms with van der Waals surface area (Å²) in [6, 6.07) is 3.43. The van der Waals surface area contributed by atoms with Gasteiger partial charge in [0, 0.05) is 23.7 Å². The maximum Gasteiger partial charge on any atom is 0.252 e. The van der Waals surface area contributed by atoms with Gasteiger partial charge in [0.05, 0.1) is 21.4 Å². The number of fused-ring (bicyclic) bond motifs is 1. The van der Waals surface area contributed by atoms with Gasteiger partial charge in [0.25, 0.3) is 5.91 Å².